The molecule has 0 amide bonds. The highest BCUT2D eigenvalue weighted by atomic mass is 15.0. The summed E-state index contributed by atoms with van der Waals surface area (Å²) in [6, 6.07) is 26.0. The first-order valence-corrected chi connectivity index (χ1v) is 10.0. The third-order valence-electron chi connectivity index (χ3n) is 5.93. The number of nitrogens with one attached hydrogen (secondary N) is 1. The first-order valence-electron chi connectivity index (χ1n) is 10.0. The first kappa shape index (κ1) is 17.0. The third kappa shape index (κ3) is 3.16. The number of aryl methyl sites for hydroxylation is 1. The molecule has 0 spiro atoms. The largest absolute Gasteiger partial charge is 0.378 e. The van der Waals surface area contributed by atoms with Crippen molar-refractivity contribution in [3.05, 3.63) is 107 Å². The van der Waals surface area contributed by atoms with Crippen molar-refractivity contribution >= 4 is 17.6 Å². The van der Waals surface area contributed by atoms with E-state index in [1.54, 1.807) is 0 Å². The van der Waals surface area contributed by atoms with Crippen LogP contribution in [-0.2, 0) is 0 Å². The number of fused-ring (bicyclic) bond motifs is 3. The van der Waals surface area contributed by atoms with Gasteiger partial charge >= 0.3 is 0 Å². The molecule has 2 aliphatic rings. The number of hydrogen-bond acceptors (Lipinski definition) is 2. The highest BCUT2D eigenvalue weighted by Crippen LogP contribution is 2.49. The zero-order valence-electron chi connectivity index (χ0n) is 16.0. The molecule has 3 aromatic rings. The Balaban J connectivity index is 1.40. The minimum absolute atomic E-state index is 0.336. The average Bonchev–Trinajstić information content (AvgIpc) is 3.23. The van der Waals surface area contributed by atoms with Crippen molar-refractivity contribution in [2.75, 3.05) is 5.32 Å². The summed E-state index contributed by atoms with van der Waals surface area (Å²) < 4.78 is 0. The van der Waals surface area contributed by atoms with Gasteiger partial charge in [-0.3, -0.25) is 4.99 Å². The van der Waals surface area contributed by atoms with Gasteiger partial charge in [0.15, 0.2) is 0 Å². The van der Waals surface area contributed by atoms with E-state index in [0.29, 0.717) is 17.9 Å². The lowest BCUT2D eigenvalue weighted by Crippen LogP contribution is -2.29. The van der Waals surface area contributed by atoms with Gasteiger partial charge in [0.1, 0.15) is 0 Å². The Kier molecular flexibility index (Phi) is 4.32. The Morgan fingerprint density at radius 1 is 0.964 bits per heavy atom. The van der Waals surface area contributed by atoms with Gasteiger partial charge in [0, 0.05) is 17.8 Å². The van der Waals surface area contributed by atoms with E-state index in [1.165, 1.54) is 22.4 Å². The quantitative estimate of drug-likeness (QED) is 0.412. The maximum Gasteiger partial charge on any atom is 0.0630 e. The summed E-state index contributed by atoms with van der Waals surface area (Å²) in [5.74, 6) is 1.09. The van der Waals surface area contributed by atoms with E-state index < -0.39 is 0 Å². The Hall–Kier alpha value is -3.13. The molecular weight excluding hydrogens is 340 g/mol. The van der Waals surface area contributed by atoms with E-state index in [2.05, 4.69) is 84.0 Å². The minimum Gasteiger partial charge on any atom is -0.378 e. The lowest BCUT2D eigenvalue weighted by Gasteiger charge is -2.37. The molecule has 0 saturated heterocycles. The lowest BCUT2D eigenvalue weighted by molar-refractivity contribution is 0.425. The van der Waals surface area contributed by atoms with E-state index in [9.17, 15) is 0 Å². The van der Waals surface area contributed by atoms with Crippen molar-refractivity contribution in [1.82, 2.24) is 0 Å². The van der Waals surface area contributed by atoms with Crippen LogP contribution in [0.1, 0.15) is 40.6 Å². The molecule has 138 valence electrons. The molecule has 0 saturated carbocycles. The number of hydrogen-bond donors (Lipinski definition) is 1. The second-order valence-corrected chi connectivity index (χ2v) is 7.83. The summed E-state index contributed by atoms with van der Waals surface area (Å²) >= 11 is 0. The molecule has 3 atom stereocenters. The standard InChI is InChI=1S/C26H24N2/c1-18-10-15-25-24(16-18)22-8-5-9-23(22)26(28-25)20-11-13-21(14-12-20)27-17-19-6-3-2-4-7-19/h2-8,10-17,22-23,26,28H,9H2,1H3/t22-,23+,26-/m0/s1. The van der Waals surface area contributed by atoms with Crippen LogP contribution in [0.15, 0.2) is 89.9 Å². The molecule has 0 fully saturated rings. The monoisotopic (exact) mass is 364 g/mol. The average molecular weight is 364 g/mol. The summed E-state index contributed by atoms with van der Waals surface area (Å²) in [5.41, 5.74) is 7.49. The minimum atomic E-state index is 0.336. The van der Waals surface area contributed by atoms with Crippen LogP contribution in [0.25, 0.3) is 0 Å². The van der Waals surface area contributed by atoms with Crippen LogP contribution in [0.2, 0.25) is 0 Å². The van der Waals surface area contributed by atoms with Gasteiger partial charge in [-0.1, -0.05) is 72.3 Å². The third-order valence-corrected chi connectivity index (χ3v) is 5.93. The highest BCUT2D eigenvalue weighted by Gasteiger charge is 2.37. The van der Waals surface area contributed by atoms with Gasteiger partial charge in [-0.15, -0.1) is 0 Å². The number of benzene rings is 3. The van der Waals surface area contributed by atoms with Crippen molar-refractivity contribution in [1.29, 1.82) is 0 Å². The van der Waals surface area contributed by atoms with E-state index in [0.717, 1.165) is 17.7 Å². The molecule has 1 aliphatic carbocycles. The molecule has 28 heavy (non-hydrogen) atoms. The molecule has 0 radical (unpaired) electrons. The number of aliphatic imine (C=N–C) groups is 1. The Morgan fingerprint density at radius 2 is 1.79 bits per heavy atom. The fourth-order valence-electron chi connectivity index (χ4n) is 4.50. The van der Waals surface area contributed by atoms with Gasteiger partial charge in [-0.2, -0.15) is 0 Å². The van der Waals surface area contributed by atoms with Gasteiger partial charge in [-0.05, 0) is 54.2 Å². The van der Waals surface area contributed by atoms with Crippen LogP contribution >= 0.6 is 0 Å². The molecule has 1 heterocycles. The van der Waals surface area contributed by atoms with E-state index in [1.807, 2.05) is 24.4 Å². The lowest BCUT2D eigenvalue weighted by atomic mass is 9.76. The van der Waals surface area contributed by atoms with Crippen LogP contribution in [-0.4, -0.2) is 6.21 Å². The van der Waals surface area contributed by atoms with E-state index in [4.69, 9.17) is 0 Å². The smallest absolute Gasteiger partial charge is 0.0630 e. The molecule has 0 aromatic heterocycles. The fourth-order valence-corrected chi connectivity index (χ4v) is 4.50. The summed E-state index contributed by atoms with van der Waals surface area (Å²) in [5, 5.41) is 3.81. The maximum absolute atomic E-state index is 4.62. The van der Waals surface area contributed by atoms with Crippen LogP contribution in [0.3, 0.4) is 0 Å². The SMILES string of the molecule is Cc1ccc2c(c1)[C@H]1C=CC[C@H]1[C@H](c1ccc(N=Cc3ccccc3)cc1)N2. The maximum atomic E-state index is 4.62. The topological polar surface area (TPSA) is 24.4 Å². The van der Waals surface area contributed by atoms with Gasteiger partial charge < -0.3 is 5.32 Å². The molecule has 3 aromatic carbocycles. The molecule has 1 N–H and O–H groups in total. The molecule has 5 rings (SSSR count). The normalized spacial score (nSPS) is 22.7. The summed E-state index contributed by atoms with van der Waals surface area (Å²) in [7, 11) is 0. The van der Waals surface area contributed by atoms with Crippen molar-refractivity contribution in [3.63, 3.8) is 0 Å². The predicted octanol–water partition coefficient (Wildman–Crippen LogP) is 6.57. The van der Waals surface area contributed by atoms with Gasteiger partial charge in [0.05, 0.1) is 11.7 Å². The molecule has 2 nitrogen and oxygen atoms in total. The van der Waals surface area contributed by atoms with Crippen molar-refractivity contribution in [3.8, 4) is 0 Å². The van der Waals surface area contributed by atoms with E-state index in [-0.39, 0.29) is 0 Å². The van der Waals surface area contributed by atoms with E-state index >= 15 is 0 Å². The Labute approximate surface area is 166 Å². The van der Waals surface area contributed by atoms with Crippen LogP contribution in [0, 0.1) is 12.8 Å². The zero-order chi connectivity index (χ0) is 18.9. The Morgan fingerprint density at radius 3 is 2.61 bits per heavy atom. The molecule has 1 aliphatic heterocycles. The zero-order valence-corrected chi connectivity index (χ0v) is 16.0. The van der Waals surface area contributed by atoms with Crippen LogP contribution in [0.5, 0.6) is 0 Å². The van der Waals surface area contributed by atoms with Crippen molar-refractivity contribution in [2.24, 2.45) is 10.9 Å². The number of allylic oxidation sites excluding steroid dienone is 2. The Bertz CT molecular complexity index is 1030. The summed E-state index contributed by atoms with van der Waals surface area (Å²) in [6.07, 6.45) is 7.79. The van der Waals surface area contributed by atoms with Crippen LogP contribution in [0.4, 0.5) is 11.4 Å². The van der Waals surface area contributed by atoms with Crippen molar-refractivity contribution < 1.29 is 0 Å². The second-order valence-electron chi connectivity index (χ2n) is 7.83. The van der Waals surface area contributed by atoms with Crippen LogP contribution < -0.4 is 5.32 Å². The van der Waals surface area contributed by atoms with Gasteiger partial charge in [-0.25, -0.2) is 0 Å². The predicted molar refractivity (Wildman–Crippen MR) is 118 cm³/mol. The summed E-state index contributed by atoms with van der Waals surface area (Å²) in [6.45, 7) is 2.18. The number of anilines is 1. The van der Waals surface area contributed by atoms with Crippen molar-refractivity contribution in [2.45, 2.75) is 25.3 Å². The second kappa shape index (κ2) is 7.12. The van der Waals surface area contributed by atoms with Gasteiger partial charge in [0.25, 0.3) is 0 Å². The molecule has 2 heteroatoms. The highest BCUT2D eigenvalue weighted by molar-refractivity contribution is 5.81. The first-order chi connectivity index (χ1) is 13.8. The number of nitrogens with zero attached hydrogens (tertiary/aromatic N) is 1. The number of rotatable bonds is 3. The molecule has 0 unspecified atom stereocenters. The molecule has 0 bridgehead atoms. The fraction of sp³-hybridized carbons (Fsp3) is 0.192. The molecular formula is C26H24N2. The summed E-state index contributed by atoms with van der Waals surface area (Å²) in [4.78, 5) is 4.62. The van der Waals surface area contributed by atoms with Gasteiger partial charge in [0.2, 0.25) is 0 Å².